The minimum Gasteiger partial charge on any atom is -0.457 e. The van der Waals surface area contributed by atoms with Gasteiger partial charge in [-0.05, 0) is 114 Å². The van der Waals surface area contributed by atoms with Gasteiger partial charge in [-0.25, -0.2) is 25.6 Å². The van der Waals surface area contributed by atoms with Crippen molar-refractivity contribution in [3.63, 3.8) is 0 Å². The molecule has 2 aromatic heterocycles. The lowest BCUT2D eigenvalue weighted by atomic mass is 9.96. The lowest BCUT2D eigenvalue weighted by Crippen LogP contribution is -2.49. The van der Waals surface area contributed by atoms with Gasteiger partial charge in [0, 0.05) is 94.0 Å². The number of nitrogens with one attached hydrogen (secondary N) is 1. The van der Waals surface area contributed by atoms with Crippen LogP contribution in [0.2, 0.25) is 0 Å². The summed E-state index contributed by atoms with van der Waals surface area (Å²) in [5.41, 5.74) is 2.25. The summed E-state index contributed by atoms with van der Waals surface area (Å²) in [6, 6.07) is 20.8. The van der Waals surface area contributed by atoms with E-state index in [0.29, 0.717) is 39.6 Å². The summed E-state index contributed by atoms with van der Waals surface area (Å²) in [5.74, 6) is 1.40. The second-order valence-corrected chi connectivity index (χ2v) is 21.2. The molecule has 3 aromatic carbocycles. The topological polar surface area (TPSA) is 152 Å². The third-order valence-electron chi connectivity index (χ3n) is 11.6. The van der Waals surface area contributed by atoms with Gasteiger partial charge in [0.05, 0.1) is 10.6 Å². The molecule has 2 fully saturated rings. The number of piperazine rings is 1. The Morgan fingerprint density at radius 2 is 1.50 bits per heavy atom. The van der Waals surface area contributed by atoms with Gasteiger partial charge in [0.1, 0.15) is 22.6 Å². The summed E-state index contributed by atoms with van der Waals surface area (Å²) in [4.78, 5) is 33.1. The van der Waals surface area contributed by atoms with Crippen LogP contribution in [-0.2, 0) is 38.3 Å². The third kappa shape index (κ3) is 10.5. The van der Waals surface area contributed by atoms with Crippen LogP contribution >= 0.6 is 0 Å². The zero-order valence-corrected chi connectivity index (χ0v) is 38.1. The first-order valence-electron chi connectivity index (χ1n) is 21.3. The number of ether oxygens (including phenoxy) is 2. The van der Waals surface area contributed by atoms with Gasteiger partial charge in [0.15, 0.2) is 0 Å². The molecule has 0 spiro atoms. The molecule has 14 nitrogen and oxygen atoms in total. The number of amides is 1. The highest BCUT2D eigenvalue weighted by Gasteiger charge is 2.29. The van der Waals surface area contributed by atoms with Crippen LogP contribution in [-0.4, -0.2) is 110 Å². The Bertz CT molecular complexity index is 2670. The third-order valence-corrected chi connectivity index (χ3v) is 14.6. The van der Waals surface area contributed by atoms with E-state index in [1.807, 2.05) is 56.9 Å². The first-order chi connectivity index (χ1) is 29.4. The van der Waals surface area contributed by atoms with Gasteiger partial charge in [0.25, 0.3) is 15.6 Å². The maximum Gasteiger partial charge on any atom is 0.410 e. The lowest BCUT2D eigenvalue weighted by molar-refractivity contribution is 0.0160. The van der Waals surface area contributed by atoms with Crippen LogP contribution in [0, 0.1) is 12.8 Å². The van der Waals surface area contributed by atoms with Crippen molar-refractivity contribution in [1.82, 2.24) is 23.2 Å². The number of likely N-dealkylation sites (tertiary alicyclic amines) is 1. The van der Waals surface area contributed by atoms with E-state index < -0.39 is 31.2 Å². The standard InChI is InChI=1S/C46H58N6O8S2/c1-7-61(55,56)47-36-12-17-42(40(30-36)41-32-48(6)44(53)43-39(41)21-25-52(43)62(57,58)38-15-8-33(2)9-16-38)59-37-13-10-34(11-14-37)18-22-49-26-28-50(29-27-49)31-35-19-23-51(24-20-35)45(54)60-46(3,4)5/h8-17,21,25,30,32,35,47H,7,18-20,22-24,26-29,31H2,1-6H3. The molecule has 0 radical (unpaired) electrons. The first kappa shape index (κ1) is 44.9. The Morgan fingerprint density at radius 3 is 2.15 bits per heavy atom. The van der Waals surface area contributed by atoms with E-state index in [9.17, 15) is 26.4 Å². The molecule has 332 valence electrons. The Kier molecular flexibility index (Phi) is 13.2. The predicted molar refractivity (Wildman–Crippen MR) is 243 cm³/mol. The van der Waals surface area contributed by atoms with Crippen molar-refractivity contribution < 1.29 is 31.1 Å². The van der Waals surface area contributed by atoms with Crippen LogP contribution in [0.15, 0.2) is 94.9 Å². The molecular formula is C46H58N6O8S2. The van der Waals surface area contributed by atoms with Crippen LogP contribution in [0.5, 0.6) is 11.5 Å². The second-order valence-electron chi connectivity index (χ2n) is 17.4. The van der Waals surface area contributed by atoms with Gasteiger partial charge in [-0.3, -0.25) is 9.52 Å². The van der Waals surface area contributed by atoms with Crippen LogP contribution in [0.4, 0.5) is 10.5 Å². The van der Waals surface area contributed by atoms with Crippen molar-refractivity contribution >= 4 is 42.7 Å². The quantitative estimate of drug-likeness (QED) is 0.132. The number of hydrogen-bond acceptors (Lipinski definition) is 10. The number of fused-ring (bicyclic) bond motifs is 1. The molecule has 7 rings (SSSR count). The number of rotatable bonds is 13. The van der Waals surface area contributed by atoms with E-state index in [0.717, 1.165) is 86.7 Å². The fourth-order valence-corrected chi connectivity index (χ4v) is 10.0. The summed E-state index contributed by atoms with van der Waals surface area (Å²) in [7, 11) is -6.23. The molecule has 16 heteroatoms. The summed E-state index contributed by atoms with van der Waals surface area (Å²) in [5, 5.41) is 0.362. The molecule has 0 unspecified atom stereocenters. The number of hydrogen-bond donors (Lipinski definition) is 1. The van der Waals surface area contributed by atoms with Crippen molar-refractivity contribution in [3.05, 3.63) is 107 Å². The van der Waals surface area contributed by atoms with E-state index in [4.69, 9.17) is 9.47 Å². The average molecular weight is 887 g/mol. The second kappa shape index (κ2) is 18.3. The van der Waals surface area contributed by atoms with E-state index in [1.54, 1.807) is 56.6 Å². The zero-order chi connectivity index (χ0) is 44.4. The van der Waals surface area contributed by atoms with Crippen LogP contribution in [0.3, 0.4) is 0 Å². The molecule has 4 heterocycles. The normalized spacial score (nSPS) is 16.1. The molecule has 0 aliphatic carbocycles. The summed E-state index contributed by atoms with van der Waals surface area (Å²) < 4.78 is 70.0. The smallest absolute Gasteiger partial charge is 0.410 e. The zero-order valence-electron chi connectivity index (χ0n) is 36.5. The maximum atomic E-state index is 13.9. The number of pyridine rings is 1. The molecule has 1 N–H and O–H groups in total. The van der Waals surface area contributed by atoms with Crippen molar-refractivity contribution in [2.24, 2.45) is 13.0 Å². The van der Waals surface area contributed by atoms with Gasteiger partial charge in [-0.1, -0.05) is 29.8 Å². The molecule has 2 aliphatic heterocycles. The minimum absolute atomic E-state index is 0.0424. The van der Waals surface area contributed by atoms with E-state index in [2.05, 4.69) is 14.5 Å². The van der Waals surface area contributed by atoms with Crippen LogP contribution in [0.25, 0.3) is 22.0 Å². The Hall–Kier alpha value is -5.16. The van der Waals surface area contributed by atoms with E-state index >= 15 is 0 Å². The lowest BCUT2D eigenvalue weighted by Gasteiger charge is -2.39. The monoisotopic (exact) mass is 886 g/mol. The van der Waals surface area contributed by atoms with Crippen molar-refractivity contribution in [1.29, 1.82) is 0 Å². The fraction of sp³-hybridized carbons (Fsp3) is 0.435. The van der Waals surface area contributed by atoms with Gasteiger partial charge in [-0.15, -0.1) is 0 Å². The number of anilines is 1. The van der Waals surface area contributed by atoms with Crippen molar-refractivity contribution in [2.45, 2.75) is 64.4 Å². The van der Waals surface area contributed by atoms with Gasteiger partial charge < -0.3 is 28.7 Å². The number of carbonyl (C=O) groups is 1. The molecule has 2 saturated heterocycles. The molecule has 1 amide bonds. The first-order valence-corrected chi connectivity index (χ1v) is 24.4. The van der Waals surface area contributed by atoms with E-state index in [1.165, 1.54) is 22.9 Å². The van der Waals surface area contributed by atoms with E-state index in [-0.39, 0.29) is 22.3 Å². The molecule has 0 atom stereocenters. The number of carbonyl (C=O) groups excluding carboxylic acids is 1. The fourth-order valence-electron chi connectivity index (χ4n) is 8.04. The number of sulfonamides is 1. The highest BCUT2D eigenvalue weighted by molar-refractivity contribution is 7.92. The molecular weight excluding hydrogens is 829 g/mol. The summed E-state index contributed by atoms with van der Waals surface area (Å²) in [6.45, 7) is 16.6. The molecule has 62 heavy (non-hydrogen) atoms. The predicted octanol–water partition coefficient (Wildman–Crippen LogP) is 6.91. The maximum absolute atomic E-state index is 13.9. The van der Waals surface area contributed by atoms with Crippen LogP contribution in [0.1, 0.15) is 51.7 Å². The average Bonchev–Trinajstić information content (AvgIpc) is 3.70. The number of piperidine rings is 1. The van der Waals surface area contributed by atoms with Crippen molar-refractivity contribution in [3.8, 4) is 22.6 Å². The SMILES string of the molecule is CCS(=O)(=O)Nc1ccc(Oc2ccc(CCN3CCN(CC4CCN(C(=O)OC(C)(C)C)CC4)CC3)cc2)c(-c2cn(C)c(=O)c3c2ccn3S(=O)(=O)c2ccc(C)cc2)c1. The molecule has 0 bridgehead atoms. The van der Waals surface area contributed by atoms with Gasteiger partial charge in [0.2, 0.25) is 10.0 Å². The number of nitrogens with zero attached hydrogens (tertiary/aromatic N) is 5. The van der Waals surface area contributed by atoms with Crippen molar-refractivity contribution in [2.75, 3.05) is 62.8 Å². The molecule has 2 aliphatic rings. The largest absolute Gasteiger partial charge is 0.457 e. The Morgan fingerprint density at radius 1 is 0.839 bits per heavy atom. The van der Waals surface area contributed by atoms with Crippen LogP contribution < -0.4 is 15.0 Å². The summed E-state index contributed by atoms with van der Waals surface area (Å²) >= 11 is 0. The number of benzene rings is 3. The highest BCUT2D eigenvalue weighted by Crippen LogP contribution is 2.39. The number of aryl methyl sites for hydroxylation is 2. The van der Waals surface area contributed by atoms with Gasteiger partial charge >= 0.3 is 6.09 Å². The Balaban J connectivity index is 1.03. The summed E-state index contributed by atoms with van der Waals surface area (Å²) in [6.07, 6.45) is 5.63. The van der Waals surface area contributed by atoms with Gasteiger partial charge in [-0.2, -0.15) is 0 Å². The highest BCUT2D eigenvalue weighted by atomic mass is 32.2. The Labute approximate surface area is 365 Å². The molecule has 5 aromatic rings. The molecule has 0 saturated carbocycles. The minimum atomic E-state index is -4.14. The number of aromatic nitrogens is 2.